The number of benzene rings is 1. The number of hydrogen-bond acceptors (Lipinski definition) is 3. The average Bonchev–Trinajstić information content (AvgIpc) is 3.11. The largest absolute Gasteiger partial charge is 0.352 e. The quantitative estimate of drug-likeness (QED) is 0.774. The number of nitrogens with zero attached hydrogens (tertiary/aromatic N) is 3. The Morgan fingerprint density at radius 2 is 2.17 bits per heavy atom. The third-order valence-corrected chi connectivity index (χ3v) is 3.82. The van der Waals surface area contributed by atoms with Crippen molar-refractivity contribution in [3.05, 3.63) is 77.2 Å². The molecule has 2 heterocycles. The van der Waals surface area contributed by atoms with Crippen LogP contribution in [0.3, 0.4) is 0 Å². The molecule has 0 atom stereocenters. The van der Waals surface area contributed by atoms with E-state index in [1.165, 1.54) is 12.1 Å². The van der Waals surface area contributed by atoms with Crippen LogP contribution in [-0.2, 0) is 17.8 Å². The summed E-state index contributed by atoms with van der Waals surface area (Å²) < 4.78 is 15.5. The lowest BCUT2D eigenvalue weighted by molar-refractivity contribution is -0.120. The molecule has 2 aromatic heterocycles. The summed E-state index contributed by atoms with van der Waals surface area (Å²) in [5, 5.41) is 2.98. The number of aromatic nitrogens is 3. The maximum atomic E-state index is 13.7. The second-order valence-corrected chi connectivity index (χ2v) is 5.56. The predicted octanol–water partition coefficient (Wildman–Crippen LogP) is 2.92. The summed E-state index contributed by atoms with van der Waals surface area (Å²) in [5.74, 6) is -0.0506. The van der Waals surface area contributed by atoms with Crippen molar-refractivity contribution in [2.24, 2.45) is 0 Å². The molecule has 0 saturated carbocycles. The van der Waals surface area contributed by atoms with Crippen molar-refractivity contribution in [1.29, 1.82) is 0 Å². The molecule has 0 bridgehead atoms. The molecule has 0 unspecified atom stereocenters. The van der Waals surface area contributed by atoms with E-state index in [1.54, 1.807) is 35.6 Å². The van der Waals surface area contributed by atoms with E-state index in [0.717, 1.165) is 11.4 Å². The number of imidazole rings is 1. The third kappa shape index (κ3) is 3.78. The molecule has 122 valence electrons. The fourth-order valence-corrected chi connectivity index (χ4v) is 2.42. The number of carbonyl (C=O) groups excluding carboxylic acids is 1. The van der Waals surface area contributed by atoms with Crippen molar-refractivity contribution in [1.82, 2.24) is 19.9 Å². The minimum atomic E-state index is -0.482. The Kier molecular flexibility index (Phi) is 4.86. The highest BCUT2D eigenvalue weighted by Crippen LogP contribution is 2.19. The summed E-state index contributed by atoms with van der Waals surface area (Å²) in [6.45, 7) is 0.308. The van der Waals surface area contributed by atoms with Crippen molar-refractivity contribution < 1.29 is 9.18 Å². The van der Waals surface area contributed by atoms with Crippen LogP contribution in [-0.4, -0.2) is 20.4 Å². The summed E-state index contributed by atoms with van der Waals surface area (Å²) in [6, 6.07) is 8.04. The van der Waals surface area contributed by atoms with Crippen LogP contribution in [0.5, 0.6) is 0 Å². The molecule has 1 amide bonds. The second kappa shape index (κ2) is 7.23. The van der Waals surface area contributed by atoms with Gasteiger partial charge in [0.25, 0.3) is 0 Å². The van der Waals surface area contributed by atoms with Crippen molar-refractivity contribution in [2.75, 3.05) is 0 Å². The van der Waals surface area contributed by atoms with Gasteiger partial charge >= 0.3 is 0 Å². The Morgan fingerprint density at radius 1 is 1.29 bits per heavy atom. The number of nitrogens with one attached hydrogen (secondary N) is 1. The Labute approximate surface area is 143 Å². The van der Waals surface area contributed by atoms with Gasteiger partial charge < -0.3 is 5.32 Å². The van der Waals surface area contributed by atoms with E-state index >= 15 is 0 Å². The Balaban J connectivity index is 1.58. The summed E-state index contributed by atoms with van der Waals surface area (Å²) in [6.07, 6.45) is 6.69. The number of carbonyl (C=O) groups is 1. The van der Waals surface area contributed by atoms with Gasteiger partial charge in [0.2, 0.25) is 5.91 Å². The van der Waals surface area contributed by atoms with Gasteiger partial charge in [-0.2, -0.15) is 0 Å². The molecule has 3 aromatic rings. The maximum absolute atomic E-state index is 13.7. The average molecular weight is 345 g/mol. The Bertz CT molecular complexity index is 814. The number of pyridine rings is 1. The van der Waals surface area contributed by atoms with E-state index in [9.17, 15) is 9.18 Å². The van der Waals surface area contributed by atoms with Crippen molar-refractivity contribution in [3.8, 4) is 5.82 Å². The molecule has 5 nitrogen and oxygen atoms in total. The third-order valence-electron chi connectivity index (χ3n) is 3.47. The first-order valence-electron chi connectivity index (χ1n) is 7.26. The Morgan fingerprint density at radius 3 is 2.83 bits per heavy atom. The first-order valence-corrected chi connectivity index (χ1v) is 7.64. The van der Waals surface area contributed by atoms with Crippen LogP contribution in [0.15, 0.2) is 55.2 Å². The van der Waals surface area contributed by atoms with Crippen molar-refractivity contribution in [2.45, 2.75) is 13.0 Å². The fourth-order valence-electron chi connectivity index (χ4n) is 2.19. The highest BCUT2D eigenvalue weighted by Gasteiger charge is 2.11. The molecule has 0 aliphatic heterocycles. The van der Waals surface area contributed by atoms with E-state index in [4.69, 9.17) is 11.6 Å². The molecule has 3 rings (SSSR count). The molecule has 0 radical (unpaired) electrons. The van der Waals surface area contributed by atoms with E-state index in [-0.39, 0.29) is 22.9 Å². The SMILES string of the molecule is O=C(Cc1c(F)cccc1Cl)NCc1ccc(-n2ccnc2)nc1. The maximum Gasteiger partial charge on any atom is 0.224 e. The predicted molar refractivity (Wildman–Crippen MR) is 88.3 cm³/mol. The van der Waals surface area contributed by atoms with E-state index in [1.807, 2.05) is 12.1 Å². The fraction of sp³-hybridized carbons (Fsp3) is 0.118. The van der Waals surface area contributed by atoms with Crippen LogP contribution < -0.4 is 5.32 Å². The van der Waals surface area contributed by atoms with E-state index < -0.39 is 5.82 Å². The lowest BCUT2D eigenvalue weighted by atomic mass is 10.1. The van der Waals surface area contributed by atoms with Gasteiger partial charge in [0.1, 0.15) is 18.0 Å². The van der Waals surface area contributed by atoms with Gasteiger partial charge in [-0.3, -0.25) is 9.36 Å². The van der Waals surface area contributed by atoms with Crippen LogP contribution >= 0.6 is 11.6 Å². The normalized spacial score (nSPS) is 10.6. The molecule has 0 fully saturated rings. The van der Waals surface area contributed by atoms with Gasteiger partial charge in [-0.25, -0.2) is 14.4 Å². The van der Waals surface area contributed by atoms with Gasteiger partial charge in [0.15, 0.2) is 0 Å². The summed E-state index contributed by atoms with van der Waals surface area (Å²) in [4.78, 5) is 20.2. The molecule has 0 aliphatic carbocycles. The van der Waals surface area contributed by atoms with Gasteiger partial charge in [0.05, 0.1) is 6.42 Å². The highest BCUT2D eigenvalue weighted by molar-refractivity contribution is 6.31. The highest BCUT2D eigenvalue weighted by atomic mass is 35.5. The zero-order chi connectivity index (χ0) is 16.9. The second-order valence-electron chi connectivity index (χ2n) is 5.15. The molecular formula is C17H14ClFN4O. The molecule has 0 spiro atoms. The topological polar surface area (TPSA) is 59.8 Å². The summed E-state index contributed by atoms with van der Waals surface area (Å²) >= 11 is 5.92. The zero-order valence-corrected chi connectivity index (χ0v) is 13.4. The lowest BCUT2D eigenvalue weighted by Gasteiger charge is -2.08. The van der Waals surface area contributed by atoms with Crippen LogP contribution in [0.2, 0.25) is 5.02 Å². The number of hydrogen-bond donors (Lipinski definition) is 1. The molecule has 0 aliphatic rings. The zero-order valence-electron chi connectivity index (χ0n) is 12.6. The molecule has 24 heavy (non-hydrogen) atoms. The number of halogens is 2. The minimum Gasteiger partial charge on any atom is -0.352 e. The van der Waals surface area contributed by atoms with Crippen LogP contribution in [0.4, 0.5) is 4.39 Å². The van der Waals surface area contributed by atoms with Crippen LogP contribution in [0.25, 0.3) is 5.82 Å². The minimum absolute atomic E-state index is 0.105. The number of amides is 1. The molecule has 7 heteroatoms. The summed E-state index contributed by atoms with van der Waals surface area (Å²) in [7, 11) is 0. The van der Waals surface area contributed by atoms with E-state index in [0.29, 0.717) is 6.54 Å². The van der Waals surface area contributed by atoms with Gasteiger partial charge in [-0.15, -0.1) is 0 Å². The molecule has 1 aromatic carbocycles. The van der Waals surface area contributed by atoms with Gasteiger partial charge in [-0.1, -0.05) is 23.7 Å². The number of rotatable bonds is 5. The lowest BCUT2D eigenvalue weighted by Crippen LogP contribution is -2.25. The molecule has 1 N–H and O–H groups in total. The van der Waals surface area contributed by atoms with Gasteiger partial charge in [-0.05, 0) is 23.8 Å². The van der Waals surface area contributed by atoms with Crippen molar-refractivity contribution >= 4 is 17.5 Å². The summed E-state index contributed by atoms with van der Waals surface area (Å²) in [5.41, 5.74) is 1.04. The van der Waals surface area contributed by atoms with Crippen LogP contribution in [0.1, 0.15) is 11.1 Å². The monoisotopic (exact) mass is 344 g/mol. The first-order chi connectivity index (χ1) is 11.6. The van der Waals surface area contributed by atoms with Crippen LogP contribution in [0, 0.1) is 5.82 Å². The first kappa shape index (κ1) is 16.1. The van der Waals surface area contributed by atoms with E-state index in [2.05, 4.69) is 15.3 Å². The standard InChI is InChI=1S/C17H14ClFN4O/c18-14-2-1-3-15(19)13(14)8-17(24)22-10-12-4-5-16(21-9-12)23-7-6-20-11-23/h1-7,9,11H,8,10H2,(H,22,24). The van der Waals surface area contributed by atoms with Gasteiger partial charge in [0, 0.05) is 35.7 Å². The molecule has 0 saturated heterocycles. The molecular weight excluding hydrogens is 331 g/mol. The Hall–Kier alpha value is -2.73. The smallest absolute Gasteiger partial charge is 0.224 e. The van der Waals surface area contributed by atoms with Crippen molar-refractivity contribution in [3.63, 3.8) is 0 Å².